The molecule has 3 aliphatic rings. The van der Waals surface area contributed by atoms with Gasteiger partial charge in [-0.2, -0.15) is 0 Å². The standard InChI is InChI=1S/C15H26O6.C2H6/c1-8-13(12(19)11(18)10(17)7-16)21-15(20-8)6-9-3-4-14(15,2)5-9;1-2/h8-13,16-19H,3-7H2,1-2H3;1-2H3/t8?,9-,10+,11?,12?,13?,14+,15-;/m0./s1. The molecular weight excluding hydrogens is 300 g/mol. The van der Waals surface area contributed by atoms with E-state index in [1.807, 2.05) is 20.8 Å². The van der Waals surface area contributed by atoms with Gasteiger partial charge in [-0.05, 0) is 32.1 Å². The lowest BCUT2D eigenvalue weighted by atomic mass is 9.80. The molecule has 1 heterocycles. The normalized spacial score (nSPS) is 45.7. The maximum absolute atomic E-state index is 10.3. The fourth-order valence-electron chi connectivity index (χ4n) is 4.48. The third kappa shape index (κ3) is 3.05. The Morgan fingerprint density at radius 3 is 2.26 bits per heavy atom. The summed E-state index contributed by atoms with van der Waals surface area (Å²) in [6.45, 7) is 7.38. The minimum absolute atomic E-state index is 0.0407. The van der Waals surface area contributed by atoms with Crippen molar-refractivity contribution in [2.24, 2.45) is 11.3 Å². The number of aliphatic hydroxyl groups excluding tert-OH is 4. The molecule has 23 heavy (non-hydrogen) atoms. The third-order valence-electron chi connectivity index (χ3n) is 5.75. The Bertz CT molecular complexity index is 405. The first kappa shape index (κ1) is 19.1. The Labute approximate surface area is 138 Å². The Kier molecular flexibility index (Phi) is 5.76. The van der Waals surface area contributed by atoms with E-state index >= 15 is 0 Å². The van der Waals surface area contributed by atoms with E-state index in [0.29, 0.717) is 5.92 Å². The number of ether oxygens (including phenoxy) is 2. The van der Waals surface area contributed by atoms with Crippen LogP contribution in [0.5, 0.6) is 0 Å². The quantitative estimate of drug-likeness (QED) is 0.608. The van der Waals surface area contributed by atoms with Gasteiger partial charge in [0.1, 0.15) is 24.4 Å². The van der Waals surface area contributed by atoms with Gasteiger partial charge in [-0.25, -0.2) is 0 Å². The van der Waals surface area contributed by atoms with Crippen molar-refractivity contribution >= 4 is 0 Å². The van der Waals surface area contributed by atoms with Crippen LogP contribution in [0.3, 0.4) is 0 Å². The number of hydrogen-bond acceptors (Lipinski definition) is 6. The maximum Gasteiger partial charge on any atom is 0.174 e. The molecular formula is C17H32O6. The smallest absolute Gasteiger partial charge is 0.174 e. The van der Waals surface area contributed by atoms with Gasteiger partial charge in [0.2, 0.25) is 0 Å². The predicted octanol–water partition coefficient (Wildman–Crippen LogP) is 0.798. The zero-order chi connectivity index (χ0) is 17.4. The summed E-state index contributed by atoms with van der Waals surface area (Å²) >= 11 is 0. The van der Waals surface area contributed by atoms with Crippen LogP contribution in [-0.4, -0.2) is 63.3 Å². The fourth-order valence-corrected chi connectivity index (χ4v) is 4.48. The average Bonchev–Trinajstić information content (AvgIpc) is 3.17. The molecule has 3 fully saturated rings. The maximum atomic E-state index is 10.3. The molecule has 2 aliphatic carbocycles. The van der Waals surface area contributed by atoms with Crippen molar-refractivity contribution in [2.75, 3.05) is 6.61 Å². The second-order valence-electron chi connectivity index (χ2n) is 7.26. The van der Waals surface area contributed by atoms with Crippen LogP contribution in [0.25, 0.3) is 0 Å². The molecule has 0 aromatic carbocycles. The first-order valence-corrected chi connectivity index (χ1v) is 8.82. The van der Waals surface area contributed by atoms with Gasteiger partial charge >= 0.3 is 0 Å². The number of fused-ring (bicyclic) bond motifs is 3. The summed E-state index contributed by atoms with van der Waals surface area (Å²) in [5.41, 5.74) is -0.0407. The van der Waals surface area contributed by atoms with Crippen molar-refractivity contribution in [2.45, 2.75) is 89.7 Å². The van der Waals surface area contributed by atoms with E-state index in [0.717, 1.165) is 19.3 Å². The van der Waals surface area contributed by atoms with Crippen molar-refractivity contribution < 1.29 is 29.9 Å². The molecule has 6 nitrogen and oxygen atoms in total. The molecule has 1 saturated heterocycles. The third-order valence-corrected chi connectivity index (χ3v) is 5.75. The minimum Gasteiger partial charge on any atom is -0.394 e. The van der Waals surface area contributed by atoms with Crippen molar-refractivity contribution in [1.82, 2.24) is 0 Å². The highest BCUT2D eigenvalue weighted by Gasteiger charge is 2.66. The van der Waals surface area contributed by atoms with E-state index in [4.69, 9.17) is 14.6 Å². The second kappa shape index (κ2) is 6.94. The van der Waals surface area contributed by atoms with Gasteiger partial charge in [0.15, 0.2) is 5.79 Å². The van der Waals surface area contributed by atoms with E-state index in [2.05, 4.69) is 6.92 Å². The highest BCUT2D eigenvalue weighted by atomic mass is 16.8. The Balaban J connectivity index is 0.000000924. The molecule has 0 aromatic heterocycles. The number of aliphatic hydroxyl groups is 4. The summed E-state index contributed by atoms with van der Waals surface area (Å²) in [5.74, 6) is -0.0729. The highest BCUT2D eigenvalue weighted by molar-refractivity contribution is 5.09. The number of hydrogen-bond donors (Lipinski definition) is 4. The summed E-state index contributed by atoms with van der Waals surface area (Å²) in [5, 5.41) is 38.6. The Hall–Kier alpha value is -0.240. The second-order valence-corrected chi connectivity index (χ2v) is 7.26. The molecule has 1 spiro atoms. The van der Waals surface area contributed by atoms with E-state index in [9.17, 15) is 15.3 Å². The highest BCUT2D eigenvalue weighted by Crippen LogP contribution is 2.64. The Morgan fingerprint density at radius 2 is 1.78 bits per heavy atom. The van der Waals surface area contributed by atoms with Crippen molar-refractivity contribution in [3.05, 3.63) is 0 Å². The number of rotatable bonds is 4. The Morgan fingerprint density at radius 1 is 1.13 bits per heavy atom. The van der Waals surface area contributed by atoms with Crippen LogP contribution in [0.1, 0.15) is 53.4 Å². The first-order valence-electron chi connectivity index (χ1n) is 8.82. The molecule has 3 rings (SSSR count). The van der Waals surface area contributed by atoms with Gasteiger partial charge < -0.3 is 29.9 Å². The summed E-state index contributed by atoms with van der Waals surface area (Å²) in [4.78, 5) is 0. The molecule has 0 radical (unpaired) electrons. The van der Waals surface area contributed by atoms with Gasteiger partial charge in [0, 0.05) is 11.8 Å². The molecule has 2 saturated carbocycles. The molecule has 0 amide bonds. The largest absolute Gasteiger partial charge is 0.394 e. The van der Waals surface area contributed by atoms with Crippen LogP contribution in [0.4, 0.5) is 0 Å². The molecule has 0 aromatic rings. The zero-order valence-electron chi connectivity index (χ0n) is 14.6. The van der Waals surface area contributed by atoms with Crippen LogP contribution in [0.2, 0.25) is 0 Å². The van der Waals surface area contributed by atoms with Crippen LogP contribution >= 0.6 is 0 Å². The average molecular weight is 332 g/mol. The van der Waals surface area contributed by atoms with E-state index in [1.165, 1.54) is 6.42 Å². The summed E-state index contributed by atoms with van der Waals surface area (Å²) in [6.07, 6.45) is -1.04. The van der Waals surface area contributed by atoms with Crippen molar-refractivity contribution in [1.29, 1.82) is 0 Å². The van der Waals surface area contributed by atoms with Crippen LogP contribution in [0, 0.1) is 11.3 Å². The topological polar surface area (TPSA) is 99.4 Å². The van der Waals surface area contributed by atoms with Gasteiger partial charge in [-0.15, -0.1) is 0 Å². The molecule has 4 unspecified atom stereocenters. The summed E-state index contributed by atoms with van der Waals surface area (Å²) in [6, 6.07) is 0. The molecule has 8 atom stereocenters. The van der Waals surface area contributed by atoms with Gasteiger partial charge in [0.25, 0.3) is 0 Å². The van der Waals surface area contributed by atoms with Gasteiger partial charge in [-0.1, -0.05) is 20.8 Å². The molecule has 6 heteroatoms. The van der Waals surface area contributed by atoms with Crippen molar-refractivity contribution in [3.63, 3.8) is 0 Å². The van der Waals surface area contributed by atoms with Crippen LogP contribution in [-0.2, 0) is 9.47 Å². The molecule has 4 N–H and O–H groups in total. The minimum atomic E-state index is -1.45. The summed E-state index contributed by atoms with van der Waals surface area (Å²) in [7, 11) is 0. The predicted molar refractivity (Wildman–Crippen MR) is 84.7 cm³/mol. The molecule has 2 bridgehead atoms. The lowest BCUT2D eigenvalue weighted by Gasteiger charge is -2.40. The zero-order valence-corrected chi connectivity index (χ0v) is 14.6. The molecule has 1 aliphatic heterocycles. The van der Waals surface area contributed by atoms with Gasteiger partial charge in [0.05, 0.1) is 12.7 Å². The lowest BCUT2D eigenvalue weighted by molar-refractivity contribution is -0.247. The van der Waals surface area contributed by atoms with E-state index < -0.39 is 36.8 Å². The molecule has 136 valence electrons. The first-order chi connectivity index (χ1) is 10.8. The SMILES string of the molecule is CC.CC1O[C@@]2(C[C@H]3CC[C@]2(C)C3)OC1C(O)C(O)[C@H](O)CO. The summed E-state index contributed by atoms with van der Waals surface area (Å²) < 4.78 is 12.2. The van der Waals surface area contributed by atoms with Crippen LogP contribution in [0.15, 0.2) is 0 Å². The van der Waals surface area contributed by atoms with Crippen LogP contribution < -0.4 is 0 Å². The van der Waals surface area contributed by atoms with Crippen molar-refractivity contribution in [3.8, 4) is 0 Å². The van der Waals surface area contributed by atoms with E-state index in [1.54, 1.807) is 0 Å². The van der Waals surface area contributed by atoms with Gasteiger partial charge in [-0.3, -0.25) is 0 Å². The lowest BCUT2D eigenvalue weighted by Crippen LogP contribution is -2.50. The van der Waals surface area contributed by atoms with E-state index in [-0.39, 0.29) is 11.5 Å². The monoisotopic (exact) mass is 332 g/mol. The fraction of sp³-hybridized carbons (Fsp3) is 1.00.